The Morgan fingerprint density at radius 2 is 1.68 bits per heavy atom. The third kappa shape index (κ3) is 4.10. The fourth-order valence-corrected chi connectivity index (χ4v) is 4.69. The lowest BCUT2D eigenvalue weighted by Crippen LogP contribution is -2.28. The highest BCUT2D eigenvalue weighted by atomic mass is 16.2. The SMILES string of the molecule is CCn1c(/C=C/c2ccc(CN3CCN(C)C3=O)cc2)nc2c(-c3ccccc3C)cccc21. The van der Waals surface area contributed by atoms with E-state index >= 15 is 0 Å². The number of carbonyl (C=O) groups is 1. The lowest BCUT2D eigenvalue weighted by atomic mass is 9.99. The van der Waals surface area contributed by atoms with Crippen LogP contribution in [0.3, 0.4) is 0 Å². The number of rotatable bonds is 6. The van der Waals surface area contributed by atoms with Crippen molar-refractivity contribution < 1.29 is 4.79 Å². The minimum absolute atomic E-state index is 0.104. The maximum atomic E-state index is 12.1. The van der Waals surface area contributed by atoms with Crippen molar-refractivity contribution in [3.8, 4) is 11.1 Å². The van der Waals surface area contributed by atoms with E-state index in [0.29, 0.717) is 6.54 Å². The number of nitrogens with zero attached hydrogens (tertiary/aromatic N) is 4. The Bertz CT molecular complexity index is 1370. The van der Waals surface area contributed by atoms with Crippen LogP contribution < -0.4 is 0 Å². The summed E-state index contributed by atoms with van der Waals surface area (Å²) in [5, 5.41) is 0. The van der Waals surface area contributed by atoms with Crippen molar-refractivity contribution in [1.82, 2.24) is 19.4 Å². The maximum absolute atomic E-state index is 12.1. The number of imidazole rings is 1. The van der Waals surface area contributed by atoms with Gasteiger partial charge in [-0.05, 0) is 48.2 Å². The molecular formula is C29H30N4O. The summed E-state index contributed by atoms with van der Waals surface area (Å²) in [4.78, 5) is 20.8. The van der Waals surface area contributed by atoms with Gasteiger partial charge in [-0.1, -0.05) is 66.7 Å². The monoisotopic (exact) mass is 450 g/mol. The Kier molecular flexibility index (Phi) is 5.93. The van der Waals surface area contributed by atoms with Gasteiger partial charge in [-0.25, -0.2) is 9.78 Å². The molecule has 0 bridgehead atoms. The average molecular weight is 451 g/mol. The number of aromatic nitrogens is 2. The van der Waals surface area contributed by atoms with Crippen LogP contribution in [0.25, 0.3) is 34.3 Å². The van der Waals surface area contributed by atoms with Crippen LogP contribution in [0.1, 0.15) is 29.4 Å². The highest BCUT2D eigenvalue weighted by Crippen LogP contribution is 2.31. The molecule has 34 heavy (non-hydrogen) atoms. The molecule has 0 N–H and O–H groups in total. The highest BCUT2D eigenvalue weighted by Gasteiger charge is 2.24. The summed E-state index contributed by atoms with van der Waals surface area (Å²) in [6.07, 6.45) is 4.21. The van der Waals surface area contributed by atoms with E-state index < -0.39 is 0 Å². The van der Waals surface area contributed by atoms with Gasteiger partial charge >= 0.3 is 6.03 Å². The van der Waals surface area contributed by atoms with E-state index in [1.54, 1.807) is 4.90 Å². The standard InChI is InChI=1S/C29H30N4O/c1-4-33-26-11-7-10-25(24-9-6-5-8-21(24)2)28(26)30-27(33)17-16-22-12-14-23(15-13-22)20-32-19-18-31(3)29(32)34/h5-17H,4,18-20H2,1-3H3/b17-16+. The first-order chi connectivity index (χ1) is 16.5. The van der Waals surface area contributed by atoms with Gasteiger partial charge in [-0.3, -0.25) is 0 Å². The van der Waals surface area contributed by atoms with E-state index in [1.165, 1.54) is 16.7 Å². The van der Waals surface area contributed by atoms with Crippen LogP contribution in [0.2, 0.25) is 0 Å². The number of benzene rings is 3. The predicted molar refractivity (Wildman–Crippen MR) is 139 cm³/mol. The molecule has 1 aromatic heterocycles. The molecule has 0 radical (unpaired) electrons. The molecule has 3 aromatic carbocycles. The summed E-state index contributed by atoms with van der Waals surface area (Å²) in [7, 11) is 1.85. The Balaban J connectivity index is 1.41. The number of urea groups is 1. The smallest absolute Gasteiger partial charge is 0.320 e. The summed E-state index contributed by atoms with van der Waals surface area (Å²) in [6.45, 7) is 7.39. The Labute approximate surface area is 201 Å². The summed E-state index contributed by atoms with van der Waals surface area (Å²) < 4.78 is 2.26. The van der Waals surface area contributed by atoms with Gasteiger partial charge in [0.25, 0.3) is 0 Å². The molecule has 5 rings (SSSR count). The predicted octanol–water partition coefficient (Wildman–Crippen LogP) is 6.07. The number of hydrogen-bond donors (Lipinski definition) is 0. The number of carbonyl (C=O) groups excluding carboxylic acids is 1. The second-order valence-electron chi connectivity index (χ2n) is 8.90. The first kappa shape index (κ1) is 22.0. The van der Waals surface area contributed by atoms with Crippen LogP contribution in [0.5, 0.6) is 0 Å². The van der Waals surface area contributed by atoms with Crippen molar-refractivity contribution in [1.29, 1.82) is 0 Å². The molecule has 1 fully saturated rings. The maximum Gasteiger partial charge on any atom is 0.320 e. The van der Waals surface area contributed by atoms with Crippen molar-refractivity contribution in [3.05, 3.63) is 89.2 Å². The molecular weight excluding hydrogens is 420 g/mol. The minimum Gasteiger partial charge on any atom is -0.326 e. The van der Waals surface area contributed by atoms with Gasteiger partial charge in [-0.15, -0.1) is 0 Å². The first-order valence-corrected chi connectivity index (χ1v) is 11.9. The molecule has 2 heterocycles. The second kappa shape index (κ2) is 9.18. The van der Waals surface area contributed by atoms with E-state index in [2.05, 4.69) is 97.3 Å². The van der Waals surface area contributed by atoms with Gasteiger partial charge in [0.05, 0.1) is 11.0 Å². The zero-order valence-corrected chi connectivity index (χ0v) is 20.0. The fourth-order valence-electron chi connectivity index (χ4n) is 4.69. The molecule has 1 aliphatic heterocycles. The second-order valence-corrected chi connectivity index (χ2v) is 8.90. The largest absolute Gasteiger partial charge is 0.326 e. The zero-order valence-electron chi connectivity index (χ0n) is 20.0. The number of likely N-dealkylation sites (N-methyl/N-ethyl adjacent to an activating group) is 1. The summed E-state index contributed by atoms with van der Waals surface area (Å²) >= 11 is 0. The van der Waals surface area contributed by atoms with Gasteiger partial charge in [0.1, 0.15) is 5.82 Å². The molecule has 1 aliphatic rings. The topological polar surface area (TPSA) is 41.4 Å². The fraction of sp³-hybridized carbons (Fsp3) is 0.241. The van der Waals surface area contributed by atoms with E-state index in [1.807, 2.05) is 11.9 Å². The van der Waals surface area contributed by atoms with Gasteiger partial charge in [0.15, 0.2) is 0 Å². The molecule has 172 valence electrons. The van der Waals surface area contributed by atoms with Gasteiger partial charge < -0.3 is 14.4 Å². The number of para-hydroxylation sites is 1. The zero-order chi connectivity index (χ0) is 23.7. The quantitative estimate of drug-likeness (QED) is 0.358. The number of amides is 2. The third-order valence-corrected chi connectivity index (χ3v) is 6.64. The molecule has 1 saturated heterocycles. The normalized spacial score (nSPS) is 14.1. The van der Waals surface area contributed by atoms with E-state index in [0.717, 1.165) is 47.6 Å². The Morgan fingerprint density at radius 3 is 2.38 bits per heavy atom. The Hall–Kier alpha value is -3.86. The van der Waals surface area contributed by atoms with Crippen LogP contribution in [0.4, 0.5) is 4.79 Å². The number of aryl methyl sites for hydroxylation is 2. The highest BCUT2D eigenvalue weighted by molar-refractivity contribution is 5.94. The molecule has 5 nitrogen and oxygen atoms in total. The summed E-state index contributed by atoms with van der Waals surface area (Å²) in [5.74, 6) is 0.952. The third-order valence-electron chi connectivity index (χ3n) is 6.64. The first-order valence-electron chi connectivity index (χ1n) is 11.9. The molecule has 4 aromatic rings. The van der Waals surface area contributed by atoms with Crippen LogP contribution in [0.15, 0.2) is 66.7 Å². The van der Waals surface area contributed by atoms with Crippen molar-refractivity contribution in [2.24, 2.45) is 0 Å². The van der Waals surface area contributed by atoms with Crippen LogP contribution in [0, 0.1) is 6.92 Å². The van der Waals surface area contributed by atoms with E-state index in [-0.39, 0.29) is 6.03 Å². The van der Waals surface area contributed by atoms with E-state index in [9.17, 15) is 4.79 Å². The van der Waals surface area contributed by atoms with Crippen molar-refractivity contribution in [2.75, 3.05) is 20.1 Å². The van der Waals surface area contributed by atoms with Crippen molar-refractivity contribution >= 4 is 29.2 Å². The van der Waals surface area contributed by atoms with Gasteiger partial charge in [0, 0.05) is 38.8 Å². The van der Waals surface area contributed by atoms with Crippen molar-refractivity contribution in [2.45, 2.75) is 26.9 Å². The summed E-state index contributed by atoms with van der Waals surface area (Å²) in [5.41, 5.74) is 8.09. The molecule has 0 spiro atoms. The lowest BCUT2D eigenvalue weighted by Gasteiger charge is -2.15. The minimum atomic E-state index is 0.104. The summed E-state index contributed by atoms with van der Waals surface area (Å²) in [6, 6.07) is 23.4. The molecule has 0 atom stereocenters. The average Bonchev–Trinajstić information content (AvgIpc) is 3.38. The van der Waals surface area contributed by atoms with E-state index in [4.69, 9.17) is 4.98 Å². The molecule has 0 aliphatic carbocycles. The molecule has 2 amide bonds. The molecule has 0 saturated carbocycles. The number of hydrogen-bond acceptors (Lipinski definition) is 2. The lowest BCUT2D eigenvalue weighted by molar-refractivity contribution is 0.197. The Morgan fingerprint density at radius 1 is 0.912 bits per heavy atom. The van der Waals surface area contributed by atoms with Crippen LogP contribution in [-0.4, -0.2) is 45.5 Å². The van der Waals surface area contributed by atoms with Crippen molar-refractivity contribution in [3.63, 3.8) is 0 Å². The van der Waals surface area contributed by atoms with Gasteiger partial charge in [0.2, 0.25) is 0 Å². The van der Waals surface area contributed by atoms with Crippen LogP contribution in [-0.2, 0) is 13.1 Å². The molecule has 5 heteroatoms. The number of fused-ring (bicyclic) bond motifs is 1. The van der Waals surface area contributed by atoms with Gasteiger partial charge in [-0.2, -0.15) is 0 Å². The van der Waals surface area contributed by atoms with Crippen LogP contribution >= 0.6 is 0 Å². The molecule has 0 unspecified atom stereocenters.